The number of benzene rings is 2. The number of oxazole rings is 1. The minimum absolute atomic E-state index is 0.234. The van der Waals surface area contributed by atoms with Gasteiger partial charge in [0, 0.05) is 12.6 Å². The Balaban J connectivity index is 1.63. The predicted molar refractivity (Wildman–Crippen MR) is 79.0 cm³/mol. The summed E-state index contributed by atoms with van der Waals surface area (Å²) in [5.41, 5.74) is 2.95. The van der Waals surface area contributed by atoms with Crippen LogP contribution in [0.5, 0.6) is 0 Å². The molecule has 3 aromatic rings. The van der Waals surface area contributed by atoms with Gasteiger partial charge >= 0.3 is 6.09 Å². The Kier molecular flexibility index (Phi) is 3.55. The summed E-state index contributed by atoms with van der Waals surface area (Å²) in [7, 11) is 0. The molecule has 1 amide bonds. The minimum atomic E-state index is -0.501. The van der Waals surface area contributed by atoms with Crippen LogP contribution in [-0.2, 0) is 11.3 Å². The van der Waals surface area contributed by atoms with Gasteiger partial charge in [-0.25, -0.2) is 9.78 Å². The van der Waals surface area contributed by atoms with Crippen LogP contribution in [0.15, 0.2) is 52.9 Å². The lowest BCUT2D eigenvalue weighted by atomic mass is 10.2. The molecule has 0 saturated heterocycles. The average Bonchev–Trinajstić information content (AvgIpc) is 2.85. The van der Waals surface area contributed by atoms with E-state index in [-0.39, 0.29) is 6.61 Å². The van der Waals surface area contributed by atoms with Gasteiger partial charge in [-0.1, -0.05) is 30.3 Å². The number of nitrogens with zero attached hydrogens (tertiary/aromatic N) is 1. The van der Waals surface area contributed by atoms with Gasteiger partial charge in [-0.3, -0.25) is 5.32 Å². The highest BCUT2D eigenvalue weighted by molar-refractivity contribution is 5.88. The molecule has 0 spiro atoms. The van der Waals surface area contributed by atoms with Crippen LogP contribution in [0.4, 0.5) is 10.5 Å². The maximum Gasteiger partial charge on any atom is 0.411 e. The molecule has 0 fully saturated rings. The van der Waals surface area contributed by atoms with Crippen molar-refractivity contribution in [1.82, 2.24) is 4.98 Å². The Bertz CT molecular complexity index is 766. The van der Waals surface area contributed by atoms with E-state index < -0.39 is 6.09 Å². The summed E-state index contributed by atoms with van der Waals surface area (Å²) in [6.45, 7) is 2.01. The molecule has 0 aliphatic carbocycles. The Morgan fingerprint density at radius 1 is 1.24 bits per heavy atom. The number of anilines is 1. The highest BCUT2D eigenvalue weighted by atomic mass is 16.5. The van der Waals surface area contributed by atoms with Gasteiger partial charge in [0.05, 0.1) is 0 Å². The monoisotopic (exact) mass is 282 g/mol. The van der Waals surface area contributed by atoms with E-state index in [1.54, 1.807) is 25.1 Å². The van der Waals surface area contributed by atoms with E-state index in [0.717, 1.165) is 5.56 Å². The minimum Gasteiger partial charge on any atom is -0.444 e. The molecule has 0 bridgehead atoms. The second-order valence-corrected chi connectivity index (χ2v) is 4.60. The maximum absolute atomic E-state index is 11.7. The molecule has 1 N–H and O–H groups in total. The molecule has 0 saturated carbocycles. The van der Waals surface area contributed by atoms with E-state index in [2.05, 4.69) is 10.3 Å². The summed E-state index contributed by atoms with van der Waals surface area (Å²) in [6, 6.07) is 14.8. The van der Waals surface area contributed by atoms with Crippen LogP contribution >= 0.6 is 0 Å². The molecule has 0 radical (unpaired) electrons. The lowest BCUT2D eigenvalue weighted by Gasteiger charge is -2.06. The standard InChI is InChI=1S/C16H14N2O3/c1-11-17-14-9-13(7-8-15(14)21-11)18-16(19)20-10-12-5-3-2-4-6-12/h2-9H,10H2,1H3,(H,18,19). The van der Waals surface area contributed by atoms with Crippen molar-refractivity contribution in [2.75, 3.05) is 5.32 Å². The SMILES string of the molecule is Cc1nc2cc(NC(=O)OCc3ccccc3)ccc2o1. The second kappa shape index (κ2) is 5.66. The zero-order chi connectivity index (χ0) is 14.7. The van der Waals surface area contributed by atoms with Crippen molar-refractivity contribution in [2.45, 2.75) is 13.5 Å². The molecule has 0 aliphatic heterocycles. The number of carbonyl (C=O) groups is 1. The maximum atomic E-state index is 11.7. The summed E-state index contributed by atoms with van der Waals surface area (Å²) in [5.74, 6) is 0.591. The molecule has 0 atom stereocenters. The van der Waals surface area contributed by atoms with Crippen LogP contribution in [0.25, 0.3) is 11.1 Å². The van der Waals surface area contributed by atoms with Crippen LogP contribution in [0, 0.1) is 6.92 Å². The number of aryl methyl sites for hydroxylation is 1. The van der Waals surface area contributed by atoms with Crippen molar-refractivity contribution in [3.05, 3.63) is 60.0 Å². The molecule has 3 rings (SSSR count). The quantitative estimate of drug-likeness (QED) is 0.791. The van der Waals surface area contributed by atoms with Crippen LogP contribution in [0.2, 0.25) is 0 Å². The molecule has 1 heterocycles. The van der Waals surface area contributed by atoms with Gasteiger partial charge in [-0.05, 0) is 23.8 Å². The first-order valence-corrected chi connectivity index (χ1v) is 6.55. The Morgan fingerprint density at radius 2 is 2.05 bits per heavy atom. The van der Waals surface area contributed by atoms with E-state index in [0.29, 0.717) is 22.7 Å². The number of ether oxygens (including phenoxy) is 1. The van der Waals surface area contributed by atoms with E-state index in [1.165, 1.54) is 0 Å². The van der Waals surface area contributed by atoms with Gasteiger partial charge in [0.1, 0.15) is 12.1 Å². The number of fused-ring (bicyclic) bond motifs is 1. The first kappa shape index (κ1) is 13.2. The number of carbonyl (C=O) groups excluding carboxylic acids is 1. The number of nitrogens with one attached hydrogen (secondary N) is 1. The number of hydrogen-bond donors (Lipinski definition) is 1. The van der Waals surface area contributed by atoms with Crippen molar-refractivity contribution >= 4 is 22.9 Å². The van der Waals surface area contributed by atoms with Crippen molar-refractivity contribution < 1.29 is 13.9 Å². The van der Waals surface area contributed by atoms with Gasteiger partial charge < -0.3 is 9.15 Å². The van der Waals surface area contributed by atoms with Crippen molar-refractivity contribution in [2.24, 2.45) is 0 Å². The third-order valence-corrected chi connectivity index (χ3v) is 2.95. The fourth-order valence-corrected chi connectivity index (χ4v) is 2.00. The average molecular weight is 282 g/mol. The van der Waals surface area contributed by atoms with Crippen LogP contribution in [0.1, 0.15) is 11.5 Å². The first-order chi connectivity index (χ1) is 10.2. The van der Waals surface area contributed by atoms with Gasteiger partial charge in [-0.2, -0.15) is 0 Å². The van der Waals surface area contributed by atoms with E-state index in [9.17, 15) is 4.79 Å². The number of hydrogen-bond acceptors (Lipinski definition) is 4. The third kappa shape index (κ3) is 3.20. The molecule has 5 heteroatoms. The van der Waals surface area contributed by atoms with Gasteiger partial charge in [0.15, 0.2) is 11.5 Å². The van der Waals surface area contributed by atoms with Crippen molar-refractivity contribution in [1.29, 1.82) is 0 Å². The van der Waals surface area contributed by atoms with E-state index in [4.69, 9.17) is 9.15 Å². The summed E-state index contributed by atoms with van der Waals surface area (Å²) in [5, 5.41) is 2.67. The second-order valence-electron chi connectivity index (χ2n) is 4.60. The molecule has 0 aliphatic rings. The highest BCUT2D eigenvalue weighted by Gasteiger charge is 2.07. The molecule has 5 nitrogen and oxygen atoms in total. The number of rotatable bonds is 3. The number of amides is 1. The number of aromatic nitrogens is 1. The zero-order valence-corrected chi connectivity index (χ0v) is 11.5. The normalized spacial score (nSPS) is 10.5. The summed E-state index contributed by atoms with van der Waals surface area (Å²) >= 11 is 0. The fourth-order valence-electron chi connectivity index (χ4n) is 2.00. The van der Waals surface area contributed by atoms with Crippen LogP contribution in [0.3, 0.4) is 0 Å². The van der Waals surface area contributed by atoms with Crippen molar-refractivity contribution in [3.8, 4) is 0 Å². The molecule has 21 heavy (non-hydrogen) atoms. The summed E-state index contributed by atoms with van der Waals surface area (Å²) < 4.78 is 10.5. The summed E-state index contributed by atoms with van der Waals surface area (Å²) in [6.07, 6.45) is -0.501. The van der Waals surface area contributed by atoms with E-state index in [1.807, 2.05) is 30.3 Å². The molecule has 1 aromatic heterocycles. The van der Waals surface area contributed by atoms with Gasteiger partial charge in [0.2, 0.25) is 0 Å². The Labute approximate surface area is 121 Å². The molecule has 0 unspecified atom stereocenters. The molecule has 2 aromatic carbocycles. The lowest BCUT2D eigenvalue weighted by Crippen LogP contribution is -2.13. The molecule has 106 valence electrons. The topological polar surface area (TPSA) is 64.4 Å². The smallest absolute Gasteiger partial charge is 0.411 e. The Morgan fingerprint density at radius 3 is 2.86 bits per heavy atom. The van der Waals surface area contributed by atoms with E-state index >= 15 is 0 Å². The zero-order valence-electron chi connectivity index (χ0n) is 11.5. The fraction of sp³-hybridized carbons (Fsp3) is 0.125. The summed E-state index contributed by atoms with van der Waals surface area (Å²) in [4.78, 5) is 16.0. The predicted octanol–water partition coefficient (Wildman–Crippen LogP) is 3.88. The van der Waals surface area contributed by atoms with Gasteiger partial charge in [0.25, 0.3) is 0 Å². The van der Waals surface area contributed by atoms with Crippen LogP contribution < -0.4 is 5.32 Å². The van der Waals surface area contributed by atoms with Crippen LogP contribution in [-0.4, -0.2) is 11.1 Å². The third-order valence-electron chi connectivity index (χ3n) is 2.95. The lowest BCUT2D eigenvalue weighted by molar-refractivity contribution is 0.155. The Hall–Kier alpha value is -2.82. The highest BCUT2D eigenvalue weighted by Crippen LogP contribution is 2.19. The van der Waals surface area contributed by atoms with Gasteiger partial charge in [-0.15, -0.1) is 0 Å². The molecular weight excluding hydrogens is 268 g/mol. The molecular formula is C16H14N2O3. The van der Waals surface area contributed by atoms with Crippen molar-refractivity contribution in [3.63, 3.8) is 0 Å². The first-order valence-electron chi connectivity index (χ1n) is 6.55. The largest absolute Gasteiger partial charge is 0.444 e.